The molecular formula is C8H13NO2. The standard InChI is InChI=1S/C8H13NO2/c10-7(11)8-2-4-9-3-1-6(8)5-8/h6,9H,1-5H2,(H,10,11). The van der Waals surface area contributed by atoms with Crippen LogP contribution in [-0.2, 0) is 4.79 Å². The van der Waals surface area contributed by atoms with Crippen molar-refractivity contribution in [2.45, 2.75) is 19.3 Å². The molecule has 2 unspecified atom stereocenters. The molecule has 1 heterocycles. The summed E-state index contributed by atoms with van der Waals surface area (Å²) in [5.74, 6) is -0.110. The van der Waals surface area contributed by atoms with Crippen LogP contribution < -0.4 is 5.32 Å². The van der Waals surface area contributed by atoms with E-state index in [0.29, 0.717) is 5.92 Å². The van der Waals surface area contributed by atoms with Crippen LogP contribution in [0.2, 0.25) is 0 Å². The minimum Gasteiger partial charge on any atom is -0.481 e. The highest BCUT2D eigenvalue weighted by Gasteiger charge is 2.59. The summed E-state index contributed by atoms with van der Waals surface area (Å²) in [4.78, 5) is 10.8. The van der Waals surface area contributed by atoms with E-state index >= 15 is 0 Å². The van der Waals surface area contributed by atoms with E-state index < -0.39 is 5.97 Å². The van der Waals surface area contributed by atoms with Crippen LogP contribution in [0.5, 0.6) is 0 Å². The summed E-state index contributed by atoms with van der Waals surface area (Å²) in [5.41, 5.74) is -0.316. The Balaban J connectivity index is 2.10. The smallest absolute Gasteiger partial charge is 0.309 e. The number of hydrogen-bond acceptors (Lipinski definition) is 2. The minimum absolute atomic E-state index is 0.316. The largest absolute Gasteiger partial charge is 0.481 e. The molecule has 2 aliphatic rings. The summed E-state index contributed by atoms with van der Waals surface area (Å²) in [7, 11) is 0. The van der Waals surface area contributed by atoms with Gasteiger partial charge in [0.2, 0.25) is 0 Å². The molecule has 62 valence electrons. The Morgan fingerprint density at radius 1 is 1.55 bits per heavy atom. The van der Waals surface area contributed by atoms with Crippen LogP contribution >= 0.6 is 0 Å². The molecule has 0 amide bonds. The van der Waals surface area contributed by atoms with E-state index in [1.54, 1.807) is 0 Å². The van der Waals surface area contributed by atoms with Crippen molar-refractivity contribution in [2.75, 3.05) is 13.1 Å². The average molecular weight is 155 g/mol. The first-order valence-electron chi connectivity index (χ1n) is 4.20. The van der Waals surface area contributed by atoms with E-state index in [1.165, 1.54) is 0 Å². The quantitative estimate of drug-likeness (QED) is 0.578. The summed E-state index contributed by atoms with van der Waals surface area (Å²) >= 11 is 0. The van der Waals surface area contributed by atoms with Gasteiger partial charge < -0.3 is 10.4 Å². The van der Waals surface area contributed by atoms with Crippen LogP contribution in [0.1, 0.15) is 19.3 Å². The average Bonchev–Trinajstić information content (AvgIpc) is 2.57. The molecule has 11 heavy (non-hydrogen) atoms. The van der Waals surface area contributed by atoms with Gasteiger partial charge in [-0.05, 0) is 38.3 Å². The molecule has 0 aromatic rings. The van der Waals surface area contributed by atoms with Crippen molar-refractivity contribution < 1.29 is 9.90 Å². The van der Waals surface area contributed by atoms with Crippen molar-refractivity contribution in [3.8, 4) is 0 Å². The van der Waals surface area contributed by atoms with Gasteiger partial charge >= 0.3 is 5.97 Å². The lowest BCUT2D eigenvalue weighted by molar-refractivity contribution is -0.144. The zero-order chi connectivity index (χ0) is 7.90. The fourth-order valence-corrected chi connectivity index (χ4v) is 2.15. The molecule has 1 saturated heterocycles. The van der Waals surface area contributed by atoms with Gasteiger partial charge in [-0.1, -0.05) is 0 Å². The highest BCUT2D eigenvalue weighted by atomic mass is 16.4. The molecule has 3 nitrogen and oxygen atoms in total. The maximum Gasteiger partial charge on any atom is 0.309 e. The molecule has 1 aliphatic carbocycles. The Bertz CT molecular complexity index is 193. The predicted octanol–water partition coefficient (Wildman–Crippen LogP) is 0.461. The third kappa shape index (κ3) is 0.948. The first-order valence-corrected chi connectivity index (χ1v) is 4.20. The number of aliphatic carboxylic acids is 1. The lowest BCUT2D eigenvalue weighted by Crippen LogP contribution is -2.21. The predicted molar refractivity (Wildman–Crippen MR) is 40.3 cm³/mol. The number of nitrogens with one attached hydrogen (secondary N) is 1. The molecular weight excluding hydrogens is 142 g/mol. The molecule has 2 N–H and O–H groups in total. The molecule has 0 spiro atoms. The first kappa shape index (κ1) is 7.10. The Morgan fingerprint density at radius 2 is 2.36 bits per heavy atom. The Labute approximate surface area is 65.8 Å². The van der Waals surface area contributed by atoms with Crippen LogP contribution in [0.4, 0.5) is 0 Å². The van der Waals surface area contributed by atoms with Gasteiger partial charge in [0.1, 0.15) is 0 Å². The summed E-state index contributed by atoms with van der Waals surface area (Å²) in [5, 5.41) is 12.2. The van der Waals surface area contributed by atoms with Gasteiger partial charge in [0, 0.05) is 0 Å². The molecule has 2 rings (SSSR count). The van der Waals surface area contributed by atoms with Crippen molar-refractivity contribution in [1.29, 1.82) is 0 Å². The van der Waals surface area contributed by atoms with Gasteiger partial charge in [0.25, 0.3) is 0 Å². The number of rotatable bonds is 1. The second-order valence-corrected chi connectivity index (χ2v) is 3.65. The highest BCUT2D eigenvalue weighted by Crippen LogP contribution is 2.57. The lowest BCUT2D eigenvalue weighted by Gasteiger charge is -2.07. The topological polar surface area (TPSA) is 49.3 Å². The van der Waals surface area contributed by atoms with Crippen molar-refractivity contribution in [3.05, 3.63) is 0 Å². The molecule has 0 radical (unpaired) electrons. The number of fused-ring (bicyclic) bond motifs is 1. The normalized spacial score (nSPS) is 42.4. The van der Waals surface area contributed by atoms with Crippen LogP contribution in [0.15, 0.2) is 0 Å². The third-order valence-electron chi connectivity index (χ3n) is 3.08. The third-order valence-corrected chi connectivity index (χ3v) is 3.08. The van der Waals surface area contributed by atoms with Crippen molar-refractivity contribution >= 4 is 5.97 Å². The van der Waals surface area contributed by atoms with E-state index in [9.17, 15) is 4.79 Å². The Hall–Kier alpha value is -0.570. The molecule has 2 atom stereocenters. The molecule has 3 heteroatoms. The molecule has 1 saturated carbocycles. The molecule has 1 aliphatic heterocycles. The van der Waals surface area contributed by atoms with Crippen molar-refractivity contribution in [1.82, 2.24) is 5.32 Å². The zero-order valence-corrected chi connectivity index (χ0v) is 6.47. The van der Waals surface area contributed by atoms with Crippen LogP contribution in [0.3, 0.4) is 0 Å². The lowest BCUT2D eigenvalue weighted by atomic mass is 9.99. The van der Waals surface area contributed by atoms with Crippen LogP contribution in [-0.4, -0.2) is 24.2 Å². The van der Waals surface area contributed by atoms with E-state index in [4.69, 9.17) is 5.11 Å². The van der Waals surface area contributed by atoms with E-state index in [1.807, 2.05) is 0 Å². The highest BCUT2D eigenvalue weighted by molar-refractivity contribution is 5.78. The van der Waals surface area contributed by atoms with Crippen molar-refractivity contribution in [2.24, 2.45) is 11.3 Å². The van der Waals surface area contributed by atoms with E-state index in [2.05, 4.69) is 5.32 Å². The van der Waals surface area contributed by atoms with Crippen molar-refractivity contribution in [3.63, 3.8) is 0 Å². The second-order valence-electron chi connectivity index (χ2n) is 3.65. The van der Waals surface area contributed by atoms with Gasteiger partial charge in [0.05, 0.1) is 5.41 Å². The fourth-order valence-electron chi connectivity index (χ4n) is 2.15. The molecule has 0 aromatic carbocycles. The second kappa shape index (κ2) is 2.21. The summed E-state index contributed by atoms with van der Waals surface area (Å²) in [6.07, 6.45) is 2.79. The summed E-state index contributed by atoms with van der Waals surface area (Å²) in [6, 6.07) is 0. The number of carboxylic acid groups (broad SMARTS) is 1. The Kier molecular flexibility index (Phi) is 1.42. The van der Waals surface area contributed by atoms with Gasteiger partial charge in [-0.25, -0.2) is 0 Å². The molecule has 0 bridgehead atoms. The maximum absolute atomic E-state index is 10.8. The first-order chi connectivity index (χ1) is 5.26. The van der Waals surface area contributed by atoms with E-state index in [0.717, 1.165) is 32.4 Å². The van der Waals surface area contributed by atoms with E-state index in [-0.39, 0.29) is 5.41 Å². The van der Waals surface area contributed by atoms with Gasteiger partial charge in [-0.2, -0.15) is 0 Å². The number of carbonyl (C=O) groups is 1. The fraction of sp³-hybridized carbons (Fsp3) is 0.875. The monoisotopic (exact) mass is 155 g/mol. The summed E-state index contributed by atoms with van der Waals surface area (Å²) in [6.45, 7) is 1.88. The molecule has 0 aromatic heterocycles. The van der Waals surface area contributed by atoms with Gasteiger partial charge in [-0.3, -0.25) is 4.79 Å². The van der Waals surface area contributed by atoms with Crippen LogP contribution in [0.25, 0.3) is 0 Å². The van der Waals surface area contributed by atoms with Crippen LogP contribution in [0, 0.1) is 11.3 Å². The maximum atomic E-state index is 10.8. The minimum atomic E-state index is -0.578. The van der Waals surface area contributed by atoms with Gasteiger partial charge in [-0.15, -0.1) is 0 Å². The molecule has 2 fully saturated rings. The van der Waals surface area contributed by atoms with Gasteiger partial charge in [0.15, 0.2) is 0 Å². The summed E-state index contributed by atoms with van der Waals surface area (Å²) < 4.78 is 0. The number of carboxylic acids is 1. The number of hydrogen-bond donors (Lipinski definition) is 2. The Morgan fingerprint density at radius 3 is 3.09 bits per heavy atom. The zero-order valence-electron chi connectivity index (χ0n) is 6.47. The SMILES string of the molecule is O=C(O)C12CCNCCC1C2.